The highest BCUT2D eigenvalue weighted by atomic mass is 127. The molecule has 10 heavy (non-hydrogen) atoms. The van der Waals surface area contributed by atoms with Crippen molar-refractivity contribution in [2.24, 2.45) is 0 Å². The third kappa shape index (κ3) is 4.94. The molecule has 1 aromatic rings. The molecule has 0 N–H and O–H groups in total. The topological polar surface area (TPSA) is 0 Å². The summed E-state index contributed by atoms with van der Waals surface area (Å²) < 4.78 is 1.25. The Balaban J connectivity index is 0. The van der Waals surface area contributed by atoms with Crippen LogP contribution in [0.3, 0.4) is 0 Å². The minimum absolute atomic E-state index is 0. The Morgan fingerprint density at radius 3 is 2.10 bits per heavy atom. The molecule has 0 heterocycles. The van der Waals surface area contributed by atoms with E-state index in [2.05, 4.69) is 47.5 Å². The van der Waals surface area contributed by atoms with Gasteiger partial charge < -0.3 is 0 Å². The summed E-state index contributed by atoms with van der Waals surface area (Å²) in [6, 6.07) is 8.34. The molecule has 3 heteroatoms. The molecule has 0 amide bonds. The summed E-state index contributed by atoms with van der Waals surface area (Å²) in [5.74, 6) is 0. The van der Waals surface area contributed by atoms with Crippen molar-refractivity contribution in [1.82, 2.24) is 0 Å². The monoisotopic (exact) mass is 374 g/mol. The van der Waals surface area contributed by atoms with Crippen LogP contribution in [-0.2, 0) is 0 Å². The predicted octanol–water partition coefficient (Wildman–Crippen LogP) is 2.02. The summed E-state index contributed by atoms with van der Waals surface area (Å²) in [7, 11) is 0. The Labute approximate surface area is 104 Å². The molecule has 54 valence electrons. The molecular weight excluding hydrogens is 365 g/mol. The van der Waals surface area contributed by atoms with Crippen LogP contribution in [0.25, 0.3) is 0 Å². The van der Waals surface area contributed by atoms with Crippen molar-refractivity contribution < 1.29 is 0 Å². The summed E-state index contributed by atoms with van der Waals surface area (Å²) in [5, 5.41) is 0. The average Bonchev–Trinajstić information content (AvgIpc) is 1.64. The maximum atomic E-state index is 2.66. The van der Waals surface area contributed by atoms with Gasteiger partial charge in [0.25, 0.3) is 0 Å². The number of rotatable bonds is 0. The van der Waals surface area contributed by atoms with Crippen molar-refractivity contribution in [2.75, 3.05) is 0 Å². The average molecular weight is 374 g/mol. The normalized spacial score (nSPS) is 7.30. The molecule has 0 saturated carbocycles. The van der Waals surface area contributed by atoms with Gasteiger partial charge in [-0.1, -0.05) is 29.8 Å². The van der Waals surface area contributed by atoms with Crippen molar-refractivity contribution in [3.05, 3.63) is 29.8 Å². The molecule has 0 bridgehead atoms. The van der Waals surface area contributed by atoms with E-state index in [1.807, 2.05) is 0 Å². The highest BCUT2D eigenvalue weighted by Gasteiger charge is 1.79. The van der Waals surface area contributed by atoms with E-state index in [0.717, 1.165) is 0 Å². The zero-order chi connectivity index (χ0) is 5.98. The Morgan fingerprint density at radius 1 is 1.20 bits per heavy atom. The molecule has 0 aliphatic rings. The van der Waals surface area contributed by atoms with Gasteiger partial charge in [-0.2, -0.15) is 0 Å². The fraction of sp³-hybridized carbons (Fsp3) is 0.143. The SMILES string of the molecule is Cc1ccc[c]([Al])c1.I.I. The van der Waals surface area contributed by atoms with Gasteiger partial charge in [0.1, 0.15) is 0 Å². The molecule has 0 aromatic heterocycles. The van der Waals surface area contributed by atoms with E-state index in [9.17, 15) is 0 Å². The number of halogens is 2. The lowest BCUT2D eigenvalue weighted by molar-refractivity contribution is 1.50. The standard InChI is InChI=1S/C7H7.Al.2HI/c1-7-5-3-2-4-6-7;;;/h2-3,5-6H,1H3;;2*1H. The maximum absolute atomic E-state index is 2.66. The van der Waals surface area contributed by atoms with Crippen LogP contribution >= 0.6 is 48.0 Å². The van der Waals surface area contributed by atoms with Crippen LogP contribution in [0, 0.1) is 6.92 Å². The van der Waals surface area contributed by atoms with Crippen LogP contribution in [0.2, 0.25) is 0 Å². The molecule has 0 fully saturated rings. The van der Waals surface area contributed by atoms with E-state index in [0.29, 0.717) is 0 Å². The van der Waals surface area contributed by atoms with Gasteiger partial charge in [0.2, 0.25) is 0 Å². The Kier molecular flexibility index (Phi) is 9.50. The van der Waals surface area contributed by atoms with Gasteiger partial charge in [0.15, 0.2) is 16.3 Å². The van der Waals surface area contributed by atoms with Gasteiger partial charge in [-0.05, 0) is 6.92 Å². The summed E-state index contributed by atoms with van der Waals surface area (Å²) in [4.78, 5) is 0. The lowest BCUT2D eigenvalue weighted by Gasteiger charge is -1.92. The van der Waals surface area contributed by atoms with Gasteiger partial charge in [-0.25, -0.2) is 0 Å². The van der Waals surface area contributed by atoms with Crippen molar-refractivity contribution in [3.8, 4) is 0 Å². The predicted molar refractivity (Wildman–Crippen MR) is 67.4 cm³/mol. The molecule has 0 unspecified atom stereocenters. The van der Waals surface area contributed by atoms with Crippen LogP contribution in [0.5, 0.6) is 0 Å². The largest absolute Gasteiger partial charge is 0.175 e. The Bertz CT molecular complexity index is 171. The third-order valence-corrected chi connectivity index (χ3v) is 1.40. The fourth-order valence-electron chi connectivity index (χ4n) is 0.670. The van der Waals surface area contributed by atoms with E-state index in [1.54, 1.807) is 0 Å². The van der Waals surface area contributed by atoms with Crippen molar-refractivity contribution >= 4 is 68.7 Å². The Hall–Kier alpha value is 1.21. The van der Waals surface area contributed by atoms with Crippen LogP contribution < -0.4 is 4.43 Å². The quantitative estimate of drug-likeness (QED) is 0.482. The summed E-state index contributed by atoms with van der Waals surface area (Å²) >= 11 is 2.66. The highest BCUT2D eigenvalue weighted by Crippen LogP contribution is 1.89. The van der Waals surface area contributed by atoms with Gasteiger partial charge >= 0.3 is 0 Å². The zero-order valence-electron chi connectivity index (χ0n) is 5.70. The van der Waals surface area contributed by atoms with E-state index in [-0.39, 0.29) is 48.0 Å². The molecule has 2 radical (unpaired) electrons. The second-order valence-electron chi connectivity index (χ2n) is 1.91. The smallest absolute Gasteiger partial charge is 0.139 e. The number of hydrogen-bond acceptors (Lipinski definition) is 0. The van der Waals surface area contributed by atoms with Gasteiger partial charge in [-0.15, -0.1) is 52.4 Å². The summed E-state index contributed by atoms with van der Waals surface area (Å²) in [5.41, 5.74) is 1.32. The first kappa shape index (κ1) is 13.8. The first-order valence-corrected chi connectivity index (χ1v) is 3.19. The number of benzene rings is 1. The van der Waals surface area contributed by atoms with Crippen molar-refractivity contribution in [3.63, 3.8) is 0 Å². The second kappa shape index (κ2) is 6.89. The first-order chi connectivity index (χ1) is 3.79. The molecule has 0 nitrogen and oxygen atoms in total. The van der Waals surface area contributed by atoms with Crippen LogP contribution in [-0.4, -0.2) is 16.3 Å². The molecular formula is C7H9AlI2. The lowest BCUT2D eigenvalue weighted by Crippen LogP contribution is -1.99. The van der Waals surface area contributed by atoms with E-state index in [4.69, 9.17) is 0 Å². The fourth-order valence-corrected chi connectivity index (χ4v) is 1.04. The van der Waals surface area contributed by atoms with Crippen molar-refractivity contribution in [2.45, 2.75) is 6.92 Å². The van der Waals surface area contributed by atoms with Gasteiger partial charge in [0, 0.05) is 0 Å². The summed E-state index contributed by atoms with van der Waals surface area (Å²) in [6.45, 7) is 2.09. The first-order valence-electron chi connectivity index (χ1n) is 2.61. The minimum atomic E-state index is 0. The van der Waals surface area contributed by atoms with E-state index >= 15 is 0 Å². The molecule has 0 spiro atoms. The van der Waals surface area contributed by atoms with E-state index in [1.165, 1.54) is 9.99 Å². The maximum Gasteiger partial charge on any atom is 0.175 e. The molecule has 0 aliphatic heterocycles. The lowest BCUT2D eigenvalue weighted by atomic mass is 10.2. The van der Waals surface area contributed by atoms with Gasteiger partial charge in [0.05, 0.1) is 0 Å². The molecule has 0 saturated heterocycles. The number of aryl methyl sites for hydroxylation is 1. The number of hydrogen-bond donors (Lipinski definition) is 0. The van der Waals surface area contributed by atoms with Crippen LogP contribution in [0.4, 0.5) is 0 Å². The second-order valence-corrected chi connectivity index (χ2v) is 2.58. The highest BCUT2D eigenvalue weighted by molar-refractivity contribution is 14.0. The molecule has 0 atom stereocenters. The zero-order valence-corrected chi connectivity index (χ0v) is 11.5. The van der Waals surface area contributed by atoms with E-state index < -0.39 is 0 Å². The molecule has 1 rings (SSSR count). The van der Waals surface area contributed by atoms with Gasteiger partial charge in [-0.3, -0.25) is 0 Å². The third-order valence-electron chi connectivity index (χ3n) is 1.04. The summed E-state index contributed by atoms with van der Waals surface area (Å²) in [6.07, 6.45) is 0. The minimum Gasteiger partial charge on any atom is -0.139 e. The van der Waals surface area contributed by atoms with Crippen molar-refractivity contribution in [1.29, 1.82) is 0 Å². The van der Waals surface area contributed by atoms with Crippen LogP contribution in [0.15, 0.2) is 24.3 Å². The molecule has 1 aromatic carbocycles. The molecule has 0 aliphatic carbocycles. The Morgan fingerprint density at radius 2 is 1.80 bits per heavy atom. The van der Waals surface area contributed by atoms with Crippen LogP contribution in [0.1, 0.15) is 5.56 Å².